The van der Waals surface area contributed by atoms with Gasteiger partial charge in [0.2, 0.25) is 5.91 Å². The monoisotopic (exact) mass is 316 g/mol. The number of hydrogen-bond donors (Lipinski definition) is 2. The number of rotatable bonds is 3. The van der Waals surface area contributed by atoms with Crippen molar-refractivity contribution in [2.75, 3.05) is 18.2 Å². The van der Waals surface area contributed by atoms with Crippen LogP contribution >= 0.6 is 0 Å². The van der Waals surface area contributed by atoms with Crippen molar-refractivity contribution >= 4 is 23.3 Å². The summed E-state index contributed by atoms with van der Waals surface area (Å²) in [5, 5.41) is 11.6. The topological polar surface area (TPSA) is 110 Å². The number of anilines is 2. The van der Waals surface area contributed by atoms with E-state index >= 15 is 0 Å². The third-order valence-corrected chi connectivity index (χ3v) is 3.07. The van der Waals surface area contributed by atoms with E-state index in [1.165, 1.54) is 25.3 Å². The van der Waals surface area contributed by atoms with Gasteiger partial charge in [-0.25, -0.2) is 9.18 Å². The lowest BCUT2D eigenvalue weighted by atomic mass is 10.2. The molecule has 23 heavy (non-hydrogen) atoms. The molecule has 0 bridgehead atoms. The van der Waals surface area contributed by atoms with Crippen LogP contribution < -0.4 is 11.1 Å². The van der Waals surface area contributed by atoms with Crippen LogP contribution in [0.5, 0.6) is 0 Å². The SMILES string of the molecule is COC(=O)c1c(N)c(C#N)cn1-c1cc(NC(C)=O)ccc1F. The number of ether oxygens (including phenoxy) is 1. The number of nitrogen functional groups attached to an aromatic ring is 1. The van der Waals surface area contributed by atoms with Crippen LogP contribution in [0.3, 0.4) is 0 Å². The Kier molecular flexibility index (Phi) is 4.32. The van der Waals surface area contributed by atoms with Gasteiger partial charge in [-0.15, -0.1) is 0 Å². The Hall–Kier alpha value is -3.34. The van der Waals surface area contributed by atoms with Gasteiger partial charge in [0, 0.05) is 18.8 Å². The molecule has 1 heterocycles. The van der Waals surface area contributed by atoms with Crippen molar-refractivity contribution in [3.05, 3.63) is 41.5 Å². The minimum atomic E-state index is -0.812. The lowest BCUT2D eigenvalue weighted by Crippen LogP contribution is -2.13. The maximum absolute atomic E-state index is 14.2. The van der Waals surface area contributed by atoms with Crippen LogP contribution in [-0.2, 0) is 9.53 Å². The second-order valence-electron chi connectivity index (χ2n) is 4.63. The molecule has 2 aromatic rings. The molecule has 118 valence electrons. The number of carbonyl (C=O) groups excluding carboxylic acids is 2. The summed E-state index contributed by atoms with van der Waals surface area (Å²) in [6.45, 7) is 1.31. The predicted molar refractivity (Wildman–Crippen MR) is 80.5 cm³/mol. The lowest BCUT2D eigenvalue weighted by Gasteiger charge is -2.11. The van der Waals surface area contributed by atoms with Gasteiger partial charge in [0.15, 0.2) is 5.69 Å². The van der Waals surface area contributed by atoms with Gasteiger partial charge in [-0.05, 0) is 18.2 Å². The first-order chi connectivity index (χ1) is 10.9. The quantitative estimate of drug-likeness (QED) is 0.839. The smallest absolute Gasteiger partial charge is 0.357 e. The zero-order valence-electron chi connectivity index (χ0n) is 12.4. The van der Waals surface area contributed by atoms with Gasteiger partial charge >= 0.3 is 5.97 Å². The summed E-state index contributed by atoms with van der Waals surface area (Å²) in [5.41, 5.74) is 5.78. The van der Waals surface area contributed by atoms with Gasteiger partial charge in [-0.3, -0.25) is 4.79 Å². The fourth-order valence-electron chi connectivity index (χ4n) is 2.08. The fraction of sp³-hybridized carbons (Fsp3) is 0.133. The Morgan fingerprint density at radius 1 is 1.43 bits per heavy atom. The number of halogens is 1. The maximum atomic E-state index is 14.2. The molecule has 0 saturated carbocycles. The molecule has 0 saturated heterocycles. The summed E-state index contributed by atoms with van der Waals surface area (Å²) >= 11 is 0. The van der Waals surface area contributed by atoms with E-state index in [4.69, 9.17) is 11.0 Å². The first-order valence-corrected chi connectivity index (χ1v) is 6.45. The molecule has 0 aliphatic carbocycles. The Morgan fingerprint density at radius 3 is 2.70 bits per heavy atom. The second-order valence-corrected chi connectivity index (χ2v) is 4.63. The van der Waals surface area contributed by atoms with Crippen LogP contribution in [0.25, 0.3) is 5.69 Å². The van der Waals surface area contributed by atoms with Crippen LogP contribution in [0, 0.1) is 17.1 Å². The molecule has 0 fully saturated rings. The van der Waals surface area contributed by atoms with Crippen molar-refractivity contribution in [3.8, 4) is 11.8 Å². The predicted octanol–water partition coefficient (Wildman–Crippen LogP) is 1.82. The first-order valence-electron chi connectivity index (χ1n) is 6.45. The van der Waals surface area contributed by atoms with Gasteiger partial charge < -0.3 is 20.4 Å². The number of amides is 1. The lowest BCUT2D eigenvalue weighted by molar-refractivity contribution is -0.114. The highest BCUT2D eigenvalue weighted by molar-refractivity contribution is 5.96. The zero-order valence-corrected chi connectivity index (χ0v) is 12.4. The van der Waals surface area contributed by atoms with E-state index in [1.54, 1.807) is 0 Å². The van der Waals surface area contributed by atoms with E-state index in [2.05, 4.69) is 10.1 Å². The molecular weight excluding hydrogens is 303 g/mol. The highest BCUT2D eigenvalue weighted by Gasteiger charge is 2.23. The van der Waals surface area contributed by atoms with Gasteiger partial charge in [0.05, 0.1) is 24.0 Å². The van der Waals surface area contributed by atoms with Gasteiger partial charge in [-0.1, -0.05) is 0 Å². The first kappa shape index (κ1) is 16.0. The number of nitrogens with zero attached hydrogens (tertiary/aromatic N) is 2. The molecule has 7 nitrogen and oxygen atoms in total. The normalized spacial score (nSPS) is 10.0. The summed E-state index contributed by atoms with van der Waals surface area (Å²) in [7, 11) is 1.15. The molecule has 0 aliphatic heterocycles. The minimum absolute atomic E-state index is 0.00901. The minimum Gasteiger partial charge on any atom is -0.464 e. The van der Waals surface area contributed by atoms with Crippen LogP contribution in [0.1, 0.15) is 23.0 Å². The molecule has 0 atom stereocenters. The number of benzene rings is 1. The molecule has 1 amide bonds. The molecule has 0 unspecified atom stereocenters. The Morgan fingerprint density at radius 2 is 2.13 bits per heavy atom. The molecule has 1 aromatic carbocycles. The number of esters is 1. The number of carbonyl (C=O) groups is 2. The molecule has 1 aromatic heterocycles. The summed E-state index contributed by atoms with van der Waals surface area (Å²) in [6.07, 6.45) is 1.23. The zero-order chi connectivity index (χ0) is 17.1. The summed E-state index contributed by atoms with van der Waals surface area (Å²) in [6, 6.07) is 5.65. The third kappa shape index (κ3) is 2.98. The fourth-order valence-corrected chi connectivity index (χ4v) is 2.08. The van der Waals surface area contributed by atoms with E-state index in [0.717, 1.165) is 17.7 Å². The average molecular weight is 316 g/mol. The standard InChI is InChI=1S/C15H13FN4O3/c1-8(21)19-10-3-4-11(16)12(5-10)20-7-9(6-17)13(18)14(20)15(22)23-2/h3-5,7H,18H2,1-2H3,(H,19,21). The molecule has 0 radical (unpaired) electrons. The average Bonchev–Trinajstić information content (AvgIpc) is 2.84. The second kappa shape index (κ2) is 6.19. The van der Waals surface area contributed by atoms with Gasteiger partial charge in [0.25, 0.3) is 0 Å². The molecule has 8 heteroatoms. The van der Waals surface area contributed by atoms with E-state index in [-0.39, 0.29) is 28.5 Å². The largest absolute Gasteiger partial charge is 0.464 e. The number of hydrogen-bond acceptors (Lipinski definition) is 5. The Balaban J connectivity index is 2.69. The van der Waals surface area contributed by atoms with Crippen molar-refractivity contribution in [3.63, 3.8) is 0 Å². The van der Waals surface area contributed by atoms with E-state index < -0.39 is 11.8 Å². The molecule has 0 spiro atoms. The van der Waals surface area contributed by atoms with Gasteiger partial charge in [0.1, 0.15) is 11.9 Å². The van der Waals surface area contributed by atoms with Crippen LogP contribution in [0.15, 0.2) is 24.4 Å². The molecular formula is C15H13FN4O3. The van der Waals surface area contributed by atoms with Crippen LogP contribution in [0.4, 0.5) is 15.8 Å². The Bertz CT molecular complexity index is 836. The van der Waals surface area contributed by atoms with Crippen LogP contribution in [-0.4, -0.2) is 23.6 Å². The molecule has 2 rings (SSSR count). The van der Waals surface area contributed by atoms with E-state index in [1.807, 2.05) is 6.07 Å². The number of nitriles is 1. The number of nitrogens with one attached hydrogen (secondary N) is 1. The molecule has 0 aliphatic rings. The van der Waals surface area contributed by atoms with Gasteiger partial charge in [-0.2, -0.15) is 5.26 Å². The summed E-state index contributed by atoms with van der Waals surface area (Å²) < 4.78 is 19.9. The molecule has 3 N–H and O–H groups in total. The van der Waals surface area contributed by atoms with Crippen molar-refractivity contribution in [2.24, 2.45) is 0 Å². The number of nitrogens with two attached hydrogens (primary N) is 1. The highest BCUT2D eigenvalue weighted by Crippen LogP contribution is 2.27. The van der Waals surface area contributed by atoms with Crippen molar-refractivity contribution in [1.82, 2.24) is 4.57 Å². The van der Waals surface area contributed by atoms with E-state index in [9.17, 15) is 14.0 Å². The summed E-state index contributed by atoms with van der Waals surface area (Å²) in [4.78, 5) is 23.0. The summed E-state index contributed by atoms with van der Waals surface area (Å²) in [5.74, 6) is -1.81. The van der Waals surface area contributed by atoms with Crippen molar-refractivity contribution in [1.29, 1.82) is 5.26 Å². The maximum Gasteiger partial charge on any atom is 0.357 e. The van der Waals surface area contributed by atoms with E-state index in [0.29, 0.717) is 5.69 Å². The van der Waals surface area contributed by atoms with Crippen molar-refractivity contribution in [2.45, 2.75) is 6.92 Å². The van der Waals surface area contributed by atoms with Crippen LogP contribution in [0.2, 0.25) is 0 Å². The van der Waals surface area contributed by atoms with Crippen molar-refractivity contribution < 1.29 is 18.7 Å². The number of aromatic nitrogens is 1. The third-order valence-electron chi connectivity index (χ3n) is 3.07. The highest BCUT2D eigenvalue weighted by atomic mass is 19.1. The number of methoxy groups -OCH3 is 1. The Labute approximate surface area is 131 Å².